The molecule has 0 fully saturated rings. The number of nitrogens with zero attached hydrogens (tertiary/aromatic N) is 4. The molecule has 0 aromatic heterocycles. The van der Waals surface area contributed by atoms with E-state index in [1.54, 1.807) is 0 Å². The largest absolute Gasteiger partial charge is 0.491 e. The van der Waals surface area contributed by atoms with Crippen molar-refractivity contribution in [1.29, 1.82) is 0 Å². The molecule has 10 nitrogen and oxygen atoms in total. The molecule has 0 atom stereocenters. The molecule has 15 rings (SSSR count). The van der Waals surface area contributed by atoms with Crippen LogP contribution >= 0.6 is 0 Å². The highest BCUT2D eigenvalue weighted by Gasteiger charge is 2.10. The van der Waals surface area contributed by atoms with Crippen LogP contribution in [0.15, 0.2) is 214 Å². The lowest BCUT2D eigenvalue weighted by Crippen LogP contribution is -2.12. The summed E-state index contributed by atoms with van der Waals surface area (Å²) in [7, 11) is 0. The molecule has 8 aromatic carbocycles. The zero-order valence-corrected chi connectivity index (χ0v) is 38.7. The van der Waals surface area contributed by atoms with Gasteiger partial charge in [0.15, 0.2) is 0 Å². The van der Waals surface area contributed by atoms with Crippen molar-refractivity contribution < 1.29 is 28.4 Å². The van der Waals surface area contributed by atoms with E-state index >= 15 is 0 Å². The molecule has 0 spiro atoms. The van der Waals surface area contributed by atoms with Crippen LogP contribution in [-0.2, 0) is 9.47 Å². The summed E-state index contributed by atoms with van der Waals surface area (Å²) in [6.45, 7) is 3.36. The number of aliphatic imine (C=N–C) groups is 4. The summed E-state index contributed by atoms with van der Waals surface area (Å²) in [4.78, 5) is 19.2. The standard InChI is InChI=1S/C60H52N4O6/c1-5-13-57-45(9-1)41-61-49-17-25-53(26-18-49)67-37-33-65-34-39-69-55-29-21-51(22-30-55)63-43-47-11-3-7-15-59(47)60-16-8-4-12-48(60)44-64-52-23-31-56(32-24-52)70-40-36-66-35-38-68-54-27-19-50(20-28-54)62-42-46-10-2-6-14-58(46)57/h1-32,41-44H,33-40H2. The average Bonchev–Trinajstić information content (AvgIpc) is 3.41. The van der Waals surface area contributed by atoms with Crippen molar-refractivity contribution in [3.05, 3.63) is 216 Å². The van der Waals surface area contributed by atoms with E-state index in [1.165, 1.54) is 0 Å². The predicted molar refractivity (Wildman–Crippen MR) is 282 cm³/mol. The van der Waals surface area contributed by atoms with Gasteiger partial charge in [0.2, 0.25) is 0 Å². The smallest absolute Gasteiger partial charge is 0.119 e. The van der Waals surface area contributed by atoms with Crippen molar-refractivity contribution in [1.82, 2.24) is 0 Å². The summed E-state index contributed by atoms with van der Waals surface area (Å²) in [6.07, 6.45) is 7.58. The van der Waals surface area contributed by atoms with E-state index < -0.39 is 0 Å². The van der Waals surface area contributed by atoms with Crippen LogP contribution in [0.1, 0.15) is 22.3 Å². The normalized spacial score (nSPS) is 13.9. The highest BCUT2D eigenvalue weighted by molar-refractivity contribution is 5.99. The molecule has 0 N–H and O–H groups in total. The van der Waals surface area contributed by atoms with E-state index in [9.17, 15) is 0 Å². The fourth-order valence-electron chi connectivity index (χ4n) is 7.59. The summed E-state index contributed by atoms with van der Waals surface area (Å²) >= 11 is 0. The van der Waals surface area contributed by atoms with E-state index in [2.05, 4.69) is 48.5 Å². The molecule has 0 unspecified atom stereocenters. The highest BCUT2D eigenvalue weighted by Crippen LogP contribution is 2.30. The maximum absolute atomic E-state index is 5.94. The minimum Gasteiger partial charge on any atom is -0.491 e. The second-order valence-electron chi connectivity index (χ2n) is 16.0. The lowest BCUT2D eigenvalue weighted by Gasteiger charge is -2.10. The van der Waals surface area contributed by atoms with Gasteiger partial charge < -0.3 is 28.4 Å². The summed E-state index contributed by atoms with van der Waals surface area (Å²) in [5.41, 5.74) is 11.4. The van der Waals surface area contributed by atoms with Crippen molar-refractivity contribution in [2.24, 2.45) is 20.0 Å². The third kappa shape index (κ3) is 13.4. The SMILES string of the molecule is C1=Nc2ccc(cc2)OCCOCCOc2ccc(cc2)N=Cc2ccccc2-c2ccccc2C=Nc2ccc(cc2)OCCOCCOc2ccc(cc2)N=Cc2ccccc2-c2ccccc21. The van der Waals surface area contributed by atoms with Crippen molar-refractivity contribution >= 4 is 47.6 Å². The fraction of sp³-hybridized carbons (Fsp3) is 0.133. The van der Waals surface area contributed by atoms with Gasteiger partial charge in [0.05, 0.1) is 49.2 Å². The summed E-state index contributed by atoms with van der Waals surface area (Å²) in [5.74, 6) is 2.98. The Balaban J connectivity index is 0.862. The first-order valence-corrected chi connectivity index (χ1v) is 23.3. The van der Waals surface area contributed by atoms with Gasteiger partial charge in [0, 0.05) is 47.1 Å². The first-order chi connectivity index (χ1) is 34.7. The van der Waals surface area contributed by atoms with Crippen molar-refractivity contribution in [2.75, 3.05) is 52.9 Å². The molecule has 7 heterocycles. The number of benzene rings is 8. The molecule has 0 amide bonds. The number of hydrogen-bond acceptors (Lipinski definition) is 10. The summed E-state index contributed by atoms with van der Waals surface area (Å²) in [6, 6.07) is 63.8. The lowest BCUT2D eigenvalue weighted by atomic mass is 9.96. The quantitative estimate of drug-likeness (QED) is 0.150. The first kappa shape index (κ1) is 46.7. The molecule has 7 aliphatic heterocycles. The van der Waals surface area contributed by atoms with Crippen LogP contribution in [-0.4, -0.2) is 77.7 Å². The van der Waals surface area contributed by atoms with Crippen LogP contribution in [0.25, 0.3) is 22.3 Å². The van der Waals surface area contributed by atoms with E-state index in [0.29, 0.717) is 52.9 Å². The Bertz CT molecular complexity index is 2630. The average molecular weight is 925 g/mol. The van der Waals surface area contributed by atoms with Crippen LogP contribution in [0.3, 0.4) is 0 Å². The van der Waals surface area contributed by atoms with Crippen molar-refractivity contribution in [3.63, 3.8) is 0 Å². The molecule has 10 heteroatoms. The van der Waals surface area contributed by atoms with E-state index in [1.807, 2.05) is 170 Å². The van der Waals surface area contributed by atoms with E-state index in [0.717, 1.165) is 90.3 Å². The fourth-order valence-corrected chi connectivity index (χ4v) is 7.59. The van der Waals surface area contributed by atoms with Gasteiger partial charge in [-0.25, -0.2) is 0 Å². The van der Waals surface area contributed by atoms with E-state index in [-0.39, 0.29) is 0 Å². The Morgan fingerprint density at radius 2 is 0.443 bits per heavy atom. The van der Waals surface area contributed by atoms with Gasteiger partial charge in [-0.1, -0.05) is 97.1 Å². The van der Waals surface area contributed by atoms with Crippen LogP contribution < -0.4 is 18.9 Å². The molecule has 7 aliphatic rings. The van der Waals surface area contributed by atoms with Gasteiger partial charge >= 0.3 is 0 Å². The van der Waals surface area contributed by atoms with Crippen LogP contribution in [0.4, 0.5) is 22.7 Å². The van der Waals surface area contributed by atoms with Gasteiger partial charge in [-0.05, 0) is 119 Å². The van der Waals surface area contributed by atoms with Crippen molar-refractivity contribution in [3.8, 4) is 45.3 Å². The molecule has 0 aliphatic carbocycles. The molecular formula is C60H52N4O6. The minimum atomic E-state index is 0.411. The molecule has 8 bridgehead atoms. The maximum atomic E-state index is 5.94. The lowest BCUT2D eigenvalue weighted by molar-refractivity contribution is 0.0764. The summed E-state index contributed by atoms with van der Waals surface area (Å²) in [5, 5.41) is 0. The Hall–Kier alpha value is -8.44. The number of ether oxygens (including phenoxy) is 6. The first-order valence-electron chi connectivity index (χ1n) is 23.3. The van der Waals surface area contributed by atoms with Crippen LogP contribution in [0.2, 0.25) is 0 Å². The zero-order valence-electron chi connectivity index (χ0n) is 38.7. The molecular weight excluding hydrogens is 873 g/mol. The van der Waals surface area contributed by atoms with E-state index in [4.69, 9.17) is 48.4 Å². The monoisotopic (exact) mass is 924 g/mol. The number of hydrogen-bond donors (Lipinski definition) is 0. The van der Waals surface area contributed by atoms with Crippen LogP contribution in [0, 0.1) is 0 Å². The topological polar surface area (TPSA) is 105 Å². The maximum Gasteiger partial charge on any atom is 0.119 e. The van der Waals surface area contributed by atoms with Gasteiger partial charge in [-0.15, -0.1) is 0 Å². The second-order valence-corrected chi connectivity index (χ2v) is 16.0. The van der Waals surface area contributed by atoms with Crippen LogP contribution in [0.5, 0.6) is 23.0 Å². The Labute approximate surface area is 408 Å². The van der Waals surface area contributed by atoms with Gasteiger partial charge in [-0.3, -0.25) is 20.0 Å². The Morgan fingerprint density at radius 3 is 0.671 bits per heavy atom. The molecule has 348 valence electrons. The molecule has 0 saturated carbocycles. The summed E-state index contributed by atoms with van der Waals surface area (Å²) < 4.78 is 35.3. The highest BCUT2D eigenvalue weighted by atomic mass is 16.5. The van der Waals surface area contributed by atoms with Crippen molar-refractivity contribution in [2.45, 2.75) is 0 Å². The Morgan fingerprint density at radius 1 is 0.229 bits per heavy atom. The van der Waals surface area contributed by atoms with Gasteiger partial charge in [-0.2, -0.15) is 0 Å². The Kier molecular flexibility index (Phi) is 16.4. The minimum absolute atomic E-state index is 0.411. The van der Waals surface area contributed by atoms with Gasteiger partial charge in [0.1, 0.15) is 49.4 Å². The molecule has 70 heavy (non-hydrogen) atoms. The third-order valence-corrected chi connectivity index (χ3v) is 11.2. The van der Waals surface area contributed by atoms with Gasteiger partial charge in [0.25, 0.3) is 0 Å². The zero-order chi connectivity index (χ0) is 47.4. The molecule has 0 saturated heterocycles. The molecule has 8 aromatic rings. The third-order valence-electron chi connectivity index (χ3n) is 11.2. The predicted octanol–water partition coefficient (Wildman–Crippen LogP) is 13.3. The number of rotatable bonds is 0. The second kappa shape index (κ2) is 24.5. The molecule has 0 radical (unpaired) electrons.